The average molecular weight is 279 g/mol. The van der Waals surface area contributed by atoms with Gasteiger partial charge in [-0.25, -0.2) is 9.67 Å². The molecule has 5 heteroatoms. The second-order valence-corrected chi connectivity index (χ2v) is 5.43. The van der Waals surface area contributed by atoms with Crippen molar-refractivity contribution in [2.45, 2.75) is 38.7 Å². The summed E-state index contributed by atoms with van der Waals surface area (Å²) in [5, 5.41) is 7.59. The molecule has 0 saturated heterocycles. The Kier molecular flexibility index (Phi) is 4.43. The number of benzene rings is 1. The van der Waals surface area contributed by atoms with Gasteiger partial charge in [0, 0.05) is 11.7 Å². The molecule has 2 rings (SSSR count). The highest BCUT2D eigenvalue weighted by molar-refractivity contribution is 6.21. The van der Waals surface area contributed by atoms with E-state index in [-0.39, 0.29) is 5.38 Å². The van der Waals surface area contributed by atoms with E-state index in [1.807, 2.05) is 35.9 Å². The highest BCUT2D eigenvalue weighted by atomic mass is 35.5. The van der Waals surface area contributed by atoms with Gasteiger partial charge in [-0.15, -0.1) is 11.6 Å². The molecule has 1 heterocycles. The van der Waals surface area contributed by atoms with E-state index in [1.54, 1.807) is 6.33 Å². The maximum Gasteiger partial charge on any atom is 0.146 e. The van der Waals surface area contributed by atoms with Gasteiger partial charge in [0.2, 0.25) is 0 Å². The summed E-state index contributed by atoms with van der Waals surface area (Å²) in [5.41, 5.74) is 2.14. The fourth-order valence-electron chi connectivity index (χ4n) is 2.01. The van der Waals surface area contributed by atoms with Crippen LogP contribution in [0.15, 0.2) is 30.6 Å². The van der Waals surface area contributed by atoms with Crippen LogP contribution in [0.4, 0.5) is 5.69 Å². The number of hydrogen-bond donors (Lipinski definition) is 1. The summed E-state index contributed by atoms with van der Waals surface area (Å²) in [6.07, 6.45) is 1.59. The second-order valence-electron chi connectivity index (χ2n) is 4.77. The molecule has 0 spiro atoms. The number of rotatable bonds is 5. The zero-order valence-corrected chi connectivity index (χ0v) is 12.2. The maximum atomic E-state index is 6.18. The monoisotopic (exact) mass is 278 g/mol. The largest absolute Gasteiger partial charge is 0.377 e. The van der Waals surface area contributed by atoms with Crippen LogP contribution in [0.2, 0.25) is 0 Å². The van der Waals surface area contributed by atoms with Crippen molar-refractivity contribution in [3.05, 3.63) is 42.0 Å². The van der Waals surface area contributed by atoms with Crippen molar-refractivity contribution in [3.63, 3.8) is 0 Å². The first-order chi connectivity index (χ1) is 9.09. The summed E-state index contributed by atoms with van der Waals surface area (Å²) in [6.45, 7) is 6.79. The molecule has 0 amide bonds. The molecule has 1 aromatic carbocycles. The molecular formula is C14H19ClN4. The van der Waals surface area contributed by atoms with Gasteiger partial charge in [0.15, 0.2) is 0 Å². The Labute approximate surface area is 118 Å². The van der Waals surface area contributed by atoms with Crippen molar-refractivity contribution in [3.8, 4) is 0 Å². The fraction of sp³-hybridized carbons (Fsp3) is 0.429. The predicted molar refractivity (Wildman–Crippen MR) is 78.4 cm³/mol. The van der Waals surface area contributed by atoms with E-state index in [9.17, 15) is 0 Å². The molecule has 0 fully saturated rings. The molecule has 0 radical (unpaired) electrons. The van der Waals surface area contributed by atoms with Gasteiger partial charge < -0.3 is 5.32 Å². The lowest BCUT2D eigenvalue weighted by Gasteiger charge is -2.14. The number of aromatic nitrogens is 3. The Morgan fingerprint density at radius 2 is 2.00 bits per heavy atom. The number of halogens is 1. The van der Waals surface area contributed by atoms with Crippen molar-refractivity contribution < 1.29 is 0 Å². The van der Waals surface area contributed by atoms with E-state index in [0.717, 1.165) is 17.1 Å². The molecule has 1 N–H and O–H groups in total. The predicted octanol–water partition coefficient (Wildman–Crippen LogP) is 3.77. The molecule has 0 saturated carbocycles. The smallest absolute Gasteiger partial charge is 0.146 e. The number of alkyl halides is 1. The van der Waals surface area contributed by atoms with Gasteiger partial charge in [-0.3, -0.25) is 0 Å². The molecule has 0 aliphatic carbocycles. The molecule has 0 aliphatic rings. The standard InChI is InChI=1S/C14H19ClN4/c1-10(2)19-14(17-9-18-19)8-16-13-7-5-4-6-12(13)11(3)15/h4-7,9-11,16H,8H2,1-3H3. The van der Waals surface area contributed by atoms with Crippen LogP contribution in [0.1, 0.15) is 43.6 Å². The first kappa shape index (κ1) is 13.9. The summed E-state index contributed by atoms with van der Waals surface area (Å²) in [6, 6.07) is 8.37. The highest BCUT2D eigenvalue weighted by Crippen LogP contribution is 2.27. The van der Waals surface area contributed by atoms with Crippen LogP contribution in [-0.2, 0) is 6.54 Å². The minimum atomic E-state index is -0.0216. The molecule has 1 atom stereocenters. The van der Waals surface area contributed by atoms with E-state index in [2.05, 4.69) is 29.2 Å². The SMILES string of the molecule is CC(Cl)c1ccccc1NCc1ncnn1C(C)C. The Morgan fingerprint density at radius 3 is 2.68 bits per heavy atom. The fourth-order valence-corrected chi connectivity index (χ4v) is 2.20. The van der Waals surface area contributed by atoms with Gasteiger partial charge in [-0.2, -0.15) is 5.10 Å². The average Bonchev–Trinajstić information content (AvgIpc) is 2.85. The lowest BCUT2D eigenvalue weighted by molar-refractivity contribution is 0.509. The minimum Gasteiger partial charge on any atom is -0.377 e. The summed E-state index contributed by atoms with van der Waals surface area (Å²) < 4.78 is 1.92. The molecule has 102 valence electrons. The van der Waals surface area contributed by atoms with Gasteiger partial charge in [-0.1, -0.05) is 18.2 Å². The van der Waals surface area contributed by atoms with Crippen LogP contribution < -0.4 is 5.32 Å². The van der Waals surface area contributed by atoms with E-state index >= 15 is 0 Å². The third-order valence-electron chi connectivity index (χ3n) is 2.96. The molecule has 2 aromatic rings. The van der Waals surface area contributed by atoms with E-state index in [1.165, 1.54) is 0 Å². The third kappa shape index (κ3) is 3.26. The van der Waals surface area contributed by atoms with Crippen LogP contribution in [0, 0.1) is 0 Å². The summed E-state index contributed by atoms with van der Waals surface area (Å²) in [7, 11) is 0. The number of anilines is 1. The van der Waals surface area contributed by atoms with Gasteiger partial charge in [-0.05, 0) is 32.4 Å². The van der Waals surface area contributed by atoms with Crippen molar-refractivity contribution in [2.24, 2.45) is 0 Å². The van der Waals surface area contributed by atoms with Crippen molar-refractivity contribution in [1.29, 1.82) is 0 Å². The highest BCUT2D eigenvalue weighted by Gasteiger charge is 2.10. The molecule has 0 bridgehead atoms. The van der Waals surface area contributed by atoms with Crippen LogP contribution in [-0.4, -0.2) is 14.8 Å². The molecule has 19 heavy (non-hydrogen) atoms. The maximum absolute atomic E-state index is 6.18. The number of hydrogen-bond acceptors (Lipinski definition) is 3. The van der Waals surface area contributed by atoms with Crippen molar-refractivity contribution in [1.82, 2.24) is 14.8 Å². The zero-order chi connectivity index (χ0) is 13.8. The quantitative estimate of drug-likeness (QED) is 0.847. The Hall–Kier alpha value is -1.55. The number of nitrogens with zero attached hydrogens (tertiary/aromatic N) is 3. The second kappa shape index (κ2) is 6.06. The van der Waals surface area contributed by atoms with E-state index < -0.39 is 0 Å². The number of nitrogens with one attached hydrogen (secondary N) is 1. The summed E-state index contributed by atoms with van der Waals surface area (Å²) >= 11 is 6.18. The van der Waals surface area contributed by atoms with Crippen LogP contribution >= 0.6 is 11.6 Å². The molecule has 1 unspecified atom stereocenters. The number of para-hydroxylation sites is 1. The van der Waals surface area contributed by atoms with Crippen LogP contribution in [0.25, 0.3) is 0 Å². The minimum absolute atomic E-state index is 0.0216. The van der Waals surface area contributed by atoms with Gasteiger partial charge in [0.25, 0.3) is 0 Å². The lowest BCUT2D eigenvalue weighted by Crippen LogP contribution is -2.12. The van der Waals surface area contributed by atoms with Gasteiger partial charge >= 0.3 is 0 Å². The molecule has 4 nitrogen and oxygen atoms in total. The Morgan fingerprint density at radius 1 is 1.26 bits per heavy atom. The first-order valence-corrected chi connectivity index (χ1v) is 6.88. The van der Waals surface area contributed by atoms with Crippen LogP contribution in [0.5, 0.6) is 0 Å². The molecule has 0 aliphatic heterocycles. The summed E-state index contributed by atoms with van der Waals surface area (Å²) in [5.74, 6) is 0.923. The first-order valence-electron chi connectivity index (χ1n) is 6.45. The lowest BCUT2D eigenvalue weighted by atomic mass is 10.1. The van der Waals surface area contributed by atoms with Crippen molar-refractivity contribution >= 4 is 17.3 Å². The van der Waals surface area contributed by atoms with Crippen molar-refractivity contribution in [2.75, 3.05) is 5.32 Å². The Balaban J connectivity index is 2.13. The van der Waals surface area contributed by atoms with E-state index in [4.69, 9.17) is 11.6 Å². The molecule has 1 aromatic heterocycles. The normalized spacial score (nSPS) is 12.7. The van der Waals surface area contributed by atoms with Gasteiger partial charge in [0.05, 0.1) is 11.9 Å². The molecular weight excluding hydrogens is 260 g/mol. The topological polar surface area (TPSA) is 42.7 Å². The third-order valence-corrected chi connectivity index (χ3v) is 3.20. The van der Waals surface area contributed by atoms with Gasteiger partial charge in [0.1, 0.15) is 12.2 Å². The summed E-state index contributed by atoms with van der Waals surface area (Å²) in [4.78, 5) is 4.28. The zero-order valence-electron chi connectivity index (χ0n) is 11.5. The Bertz CT molecular complexity index is 534. The van der Waals surface area contributed by atoms with Crippen LogP contribution in [0.3, 0.4) is 0 Å². The van der Waals surface area contributed by atoms with E-state index in [0.29, 0.717) is 12.6 Å².